The van der Waals surface area contributed by atoms with Crippen LogP contribution >= 0.6 is 0 Å². The van der Waals surface area contributed by atoms with Crippen molar-refractivity contribution in [1.82, 2.24) is 5.32 Å². The molecule has 1 atom stereocenters. The average molecular weight is 306 g/mol. The molecule has 1 aliphatic rings. The third kappa shape index (κ3) is 4.07. The van der Waals surface area contributed by atoms with Crippen LogP contribution in [0.2, 0.25) is 0 Å². The maximum absolute atomic E-state index is 12.9. The summed E-state index contributed by atoms with van der Waals surface area (Å²) in [7, 11) is 0. The fraction of sp³-hybridized carbons (Fsp3) is 0.571. The van der Waals surface area contributed by atoms with E-state index >= 15 is 0 Å². The van der Waals surface area contributed by atoms with E-state index in [1.54, 1.807) is 6.07 Å². The third-order valence-electron chi connectivity index (χ3n) is 3.64. The summed E-state index contributed by atoms with van der Waals surface area (Å²) in [5.74, 6) is -0.0701. The molecule has 3 nitrogen and oxygen atoms in total. The van der Waals surface area contributed by atoms with Gasteiger partial charge >= 0.3 is 12.5 Å². The van der Waals surface area contributed by atoms with Gasteiger partial charge in [0.2, 0.25) is 0 Å². The van der Waals surface area contributed by atoms with Gasteiger partial charge in [0.1, 0.15) is 5.75 Å². The van der Waals surface area contributed by atoms with Crippen molar-refractivity contribution in [1.29, 1.82) is 0 Å². The lowest BCUT2D eigenvalue weighted by atomic mass is 9.86. The van der Waals surface area contributed by atoms with Crippen LogP contribution in [0.1, 0.15) is 24.4 Å². The van der Waals surface area contributed by atoms with Gasteiger partial charge in [-0.05, 0) is 49.5 Å². The van der Waals surface area contributed by atoms with Gasteiger partial charge in [-0.15, -0.1) is 0 Å². The van der Waals surface area contributed by atoms with E-state index in [0.29, 0.717) is 5.56 Å². The molecule has 1 aliphatic heterocycles. The number of hydrogen-bond acceptors (Lipinski definition) is 3. The Labute approximate surface area is 120 Å². The first-order chi connectivity index (χ1) is 9.90. The molecule has 118 valence electrons. The SMILES string of the molecule is N[C@@H](c1cccc(OC(F)(F)C(F)F)c1)C1CCNCC1. The van der Waals surface area contributed by atoms with E-state index in [1.807, 2.05) is 0 Å². The fourth-order valence-electron chi connectivity index (χ4n) is 2.46. The molecule has 0 spiro atoms. The molecule has 3 N–H and O–H groups in total. The van der Waals surface area contributed by atoms with Crippen LogP contribution in [-0.2, 0) is 0 Å². The Hall–Kier alpha value is -1.34. The summed E-state index contributed by atoms with van der Waals surface area (Å²) in [5.41, 5.74) is 6.76. The summed E-state index contributed by atoms with van der Waals surface area (Å²) >= 11 is 0. The Morgan fingerprint density at radius 2 is 1.90 bits per heavy atom. The quantitative estimate of drug-likeness (QED) is 0.822. The predicted octanol–water partition coefficient (Wildman–Crippen LogP) is 2.92. The van der Waals surface area contributed by atoms with Gasteiger partial charge in [-0.1, -0.05) is 12.1 Å². The van der Waals surface area contributed by atoms with Crippen molar-refractivity contribution in [3.8, 4) is 5.75 Å². The van der Waals surface area contributed by atoms with E-state index in [1.165, 1.54) is 18.2 Å². The van der Waals surface area contributed by atoms with Crippen molar-refractivity contribution >= 4 is 0 Å². The van der Waals surface area contributed by atoms with Gasteiger partial charge in [0.25, 0.3) is 0 Å². The summed E-state index contributed by atoms with van der Waals surface area (Å²) in [6.07, 6.45) is -6.60. The van der Waals surface area contributed by atoms with Crippen molar-refractivity contribution < 1.29 is 22.3 Å². The molecule has 0 radical (unpaired) electrons. The standard InChI is InChI=1S/C14H18F4N2O/c15-13(16)14(17,18)21-11-3-1-2-10(8-11)12(19)9-4-6-20-7-5-9/h1-3,8-9,12-13,20H,4-7,19H2/t12-/m1/s1. The Balaban J connectivity index is 2.09. The van der Waals surface area contributed by atoms with E-state index in [0.717, 1.165) is 25.9 Å². The number of hydrogen-bond donors (Lipinski definition) is 2. The van der Waals surface area contributed by atoms with E-state index in [2.05, 4.69) is 10.1 Å². The maximum Gasteiger partial charge on any atom is 0.461 e. The zero-order valence-corrected chi connectivity index (χ0v) is 11.4. The molecule has 0 saturated carbocycles. The van der Waals surface area contributed by atoms with Gasteiger partial charge in [0.05, 0.1) is 0 Å². The smallest absolute Gasteiger partial charge is 0.428 e. The van der Waals surface area contributed by atoms with Gasteiger partial charge in [0, 0.05) is 6.04 Å². The summed E-state index contributed by atoms with van der Waals surface area (Å²) in [6.45, 7) is 1.72. The number of nitrogens with one attached hydrogen (secondary N) is 1. The van der Waals surface area contributed by atoms with Crippen LogP contribution in [0.5, 0.6) is 5.75 Å². The summed E-state index contributed by atoms with van der Waals surface area (Å²) in [4.78, 5) is 0. The fourth-order valence-corrected chi connectivity index (χ4v) is 2.46. The second kappa shape index (κ2) is 6.62. The Kier molecular flexibility index (Phi) is 5.05. The van der Waals surface area contributed by atoms with Crippen molar-refractivity contribution in [3.63, 3.8) is 0 Å². The monoisotopic (exact) mass is 306 g/mol. The zero-order valence-electron chi connectivity index (χ0n) is 11.4. The van der Waals surface area contributed by atoms with Crippen LogP contribution in [0.3, 0.4) is 0 Å². The van der Waals surface area contributed by atoms with Crippen molar-refractivity contribution in [3.05, 3.63) is 29.8 Å². The van der Waals surface area contributed by atoms with Crippen molar-refractivity contribution in [2.75, 3.05) is 13.1 Å². The van der Waals surface area contributed by atoms with E-state index in [9.17, 15) is 17.6 Å². The molecule has 0 amide bonds. The first kappa shape index (κ1) is 16.0. The molecular formula is C14H18F4N2O. The molecule has 0 aliphatic carbocycles. The molecule has 0 unspecified atom stereocenters. The molecule has 21 heavy (non-hydrogen) atoms. The molecule has 0 bridgehead atoms. The highest BCUT2D eigenvalue weighted by Gasteiger charge is 2.44. The minimum atomic E-state index is -4.50. The van der Waals surface area contributed by atoms with Crippen LogP contribution < -0.4 is 15.8 Å². The number of benzene rings is 1. The number of halogens is 4. The number of rotatable bonds is 5. The molecular weight excluding hydrogens is 288 g/mol. The number of nitrogens with two attached hydrogens (primary N) is 1. The zero-order chi connectivity index (χ0) is 15.5. The van der Waals surface area contributed by atoms with E-state index in [4.69, 9.17) is 5.73 Å². The van der Waals surface area contributed by atoms with E-state index in [-0.39, 0.29) is 17.7 Å². The lowest BCUT2D eigenvalue weighted by Crippen LogP contribution is -2.34. The topological polar surface area (TPSA) is 47.3 Å². The highest BCUT2D eigenvalue weighted by atomic mass is 19.3. The lowest BCUT2D eigenvalue weighted by Gasteiger charge is -2.28. The van der Waals surface area contributed by atoms with Crippen molar-refractivity contribution in [2.45, 2.75) is 31.4 Å². The molecule has 1 aromatic rings. The van der Waals surface area contributed by atoms with Crippen LogP contribution in [-0.4, -0.2) is 25.6 Å². The van der Waals surface area contributed by atoms with Crippen LogP contribution in [0.25, 0.3) is 0 Å². The molecule has 1 saturated heterocycles. The van der Waals surface area contributed by atoms with Gasteiger partial charge in [-0.2, -0.15) is 17.6 Å². The summed E-state index contributed by atoms with van der Waals surface area (Å²) in [5, 5.41) is 3.21. The van der Waals surface area contributed by atoms with Crippen LogP contribution in [0.15, 0.2) is 24.3 Å². The van der Waals surface area contributed by atoms with Gasteiger partial charge in [0.15, 0.2) is 0 Å². The Bertz CT molecular complexity index is 464. The normalized spacial score (nSPS) is 18.8. The summed E-state index contributed by atoms with van der Waals surface area (Å²) < 4.78 is 54.2. The molecule has 2 rings (SSSR count). The average Bonchev–Trinajstić information content (AvgIpc) is 2.47. The van der Waals surface area contributed by atoms with Crippen LogP contribution in [0.4, 0.5) is 17.6 Å². The highest BCUT2D eigenvalue weighted by molar-refractivity contribution is 5.31. The second-order valence-electron chi connectivity index (χ2n) is 5.15. The Morgan fingerprint density at radius 3 is 2.52 bits per heavy atom. The molecule has 7 heteroatoms. The third-order valence-corrected chi connectivity index (χ3v) is 3.64. The molecule has 0 aromatic heterocycles. The van der Waals surface area contributed by atoms with Crippen molar-refractivity contribution in [2.24, 2.45) is 11.7 Å². The van der Waals surface area contributed by atoms with Gasteiger partial charge in [-0.25, -0.2) is 0 Å². The Morgan fingerprint density at radius 1 is 1.24 bits per heavy atom. The van der Waals surface area contributed by atoms with E-state index < -0.39 is 12.5 Å². The summed E-state index contributed by atoms with van der Waals surface area (Å²) in [6, 6.07) is 5.38. The largest absolute Gasteiger partial charge is 0.461 e. The number of alkyl halides is 4. The highest BCUT2D eigenvalue weighted by Crippen LogP contribution is 2.31. The molecule has 1 heterocycles. The second-order valence-corrected chi connectivity index (χ2v) is 5.15. The number of ether oxygens (including phenoxy) is 1. The minimum Gasteiger partial charge on any atom is -0.428 e. The molecule has 1 aromatic carbocycles. The number of piperidine rings is 1. The molecule has 1 fully saturated rings. The maximum atomic E-state index is 12.9. The minimum absolute atomic E-state index is 0.233. The first-order valence-electron chi connectivity index (χ1n) is 6.81. The van der Waals surface area contributed by atoms with Crippen LogP contribution in [0, 0.1) is 5.92 Å². The van der Waals surface area contributed by atoms with Gasteiger partial charge in [-0.3, -0.25) is 0 Å². The predicted molar refractivity (Wildman–Crippen MR) is 70.5 cm³/mol. The first-order valence-corrected chi connectivity index (χ1v) is 6.81. The lowest BCUT2D eigenvalue weighted by molar-refractivity contribution is -0.253. The van der Waals surface area contributed by atoms with Gasteiger partial charge < -0.3 is 15.8 Å².